The first-order chi connectivity index (χ1) is 11.1. The molecule has 1 amide bonds. The maximum atomic E-state index is 12.9. The van der Waals surface area contributed by atoms with E-state index in [0.29, 0.717) is 29.7 Å². The fourth-order valence-corrected chi connectivity index (χ4v) is 3.12. The van der Waals surface area contributed by atoms with Crippen LogP contribution in [-0.4, -0.2) is 40.6 Å². The third-order valence-electron chi connectivity index (χ3n) is 4.21. The minimum Gasteiger partial charge on any atom is -0.328 e. The summed E-state index contributed by atoms with van der Waals surface area (Å²) in [4.78, 5) is 14.8. The van der Waals surface area contributed by atoms with Crippen LogP contribution in [0.1, 0.15) is 47.6 Å². The van der Waals surface area contributed by atoms with Crippen molar-refractivity contribution in [1.82, 2.24) is 20.4 Å². The van der Waals surface area contributed by atoms with Gasteiger partial charge >= 0.3 is 0 Å². The molecule has 2 aromatic rings. The van der Waals surface area contributed by atoms with Crippen LogP contribution in [0.5, 0.6) is 0 Å². The Morgan fingerprint density at radius 3 is 2.87 bits per heavy atom. The maximum absolute atomic E-state index is 12.9. The lowest BCUT2D eigenvalue weighted by molar-refractivity contribution is 0.0628. The highest BCUT2D eigenvalue weighted by Crippen LogP contribution is 2.29. The first-order valence-electron chi connectivity index (χ1n) is 7.89. The number of carbonyl (C=O) groups is 1. The van der Waals surface area contributed by atoms with Crippen LogP contribution in [0.3, 0.4) is 0 Å². The largest absolute Gasteiger partial charge is 0.328 e. The van der Waals surface area contributed by atoms with Gasteiger partial charge in [-0.25, -0.2) is 0 Å². The van der Waals surface area contributed by atoms with E-state index < -0.39 is 0 Å². The quantitative estimate of drug-likeness (QED) is 0.908. The number of hydrogen-bond acceptors (Lipinski definition) is 3. The summed E-state index contributed by atoms with van der Waals surface area (Å²) < 4.78 is 0. The van der Waals surface area contributed by atoms with Crippen LogP contribution >= 0.6 is 11.6 Å². The molecule has 2 heterocycles. The fourth-order valence-electron chi connectivity index (χ4n) is 2.86. The van der Waals surface area contributed by atoms with Gasteiger partial charge in [-0.15, -0.1) is 0 Å². The Hall–Kier alpha value is -1.85. The van der Waals surface area contributed by atoms with Crippen LogP contribution in [0.2, 0.25) is 5.02 Å². The number of carbonyl (C=O) groups excluding carboxylic acids is 1. The Bertz CT molecular complexity index is 697. The molecule has 3 rings (SSSR count). The van der Waals surface area contributed by atoms with Gasteiger partial charge in [0.25, 0.3) is 5.91 Å². The topological polar surface area (TPSA) is 61.0 Å². The minimum atomic E-state index is -0.0795. The number of aromatic nitrogens is 2. The third kappa shape index (κ3) is 3.26. The van der Waals surface area contributed by atoms with Crippen molar-refractivity contribution in [3.63, 3.8) is 0 Å². The zero-order valence-electron chi connectivity index (χ0n) is 13.3. The number of halogens is 1. The van der Waals surface area contributed by atoms with Crippen LogP contribution in [-0.2, 0) is 0 Å². The molecular weight excluding hydrogens is 312 g/mol. The van der Waals surface area contributed by atoms with E-state index in [2.05, 4.69) is 29.4 Å². The summed E-state index contributed by atoms with van der Waals surface area (Å²) in [5.74, 6) is 0.256. The van der Waals surface area contributed by atoms with Crippen molar-refractivity contribution in [3.05, 3.63) is 52.3 Å². The summed E-state index contributed by atoms with van der Waals surface area (Å²) in [7, 11) is 0. The normalized spacial score (nSPS) is 18.4. The second kappa shape index (κ2) is 6.72. The van der Waals surface area contributed by atoms with E-state index in [1.807, 2.05) is 35.2 Å². The average molecular weight is 333 g/mol. The van der Waals surface area contributed by atoms with Gasteiger partial charge in [0.05, 0.1) is 6.04 Å². The molecule has 5 nitrogen and oxygen atoms in total. The molecule has 1 atom stereocenters. The van der Waals surface area contributed by atoms with Gasteiger partial charge in [-0.05, 0) is 23.6 Å². The van der Waals surface area contributed by atoms with Gasteiger partial charge in [0.15, 0.2) is 0 Å². The second-order valence-corrected chi connectivity index (χ2v) is 6.51. The second-order valence-electron chi connectivity index (χ2n) is 6.10. The predicted octanol–water partition coefficient (Wildman–Crippen LogP) is 2.97. The van der Waals surface area contributed by atoms with Gasteiger partial charge in [0.1, 0.15) is 5.69 Å². The SMILES string of the molecule is CC(C)c1cc(C(=O)N2CCNCC2c2ccccc2Cl)n[nH]1. The lowest BCUT2D eigenvalue weighted by atomic mass is 10.0. The molecule has 1 aromatic heterocycles. The Labute approximate surface area is 141 Å². The van der Waals surface area contributed by atoms with E-state index >= 15 is 0 Å². The van der Waals surface area contributed by atoms with E-state index in [-0.39, 0.29) is 11.9 Å². The number of rotatable bonds is 3. The highest BCUT2D eigenvalue weighted by Gasteiger charge is 2.31. The first-order valence-corrected chi connectivity index (χ1v) is 8.27. The number of nitrogens with zero attached hydrogens (tertiary/aromatic N) is 2. The summed E-state index contributed by atoms with van der Waals surface area (Å²) in [6.07, 6.45) is 0. The van der Waals surface area contributed by atoms with Gasteiger partial charge in [0.2, 0.25) is 0 Å². The van der Waals surface area contributed by atoms with Gasteiger partial charge in [-0.3, -0.25) is 9.89 Å². The minimum absolute atomic E-state index is 0.0560. The lowest BCUT2D eigenvalue weighted by Crippen LogP contribution is -2.48. The Balaban J connectivity index is 1.89. The fraction of sp³-hybridized carbons (Fsp3) is 0.412. The van der Waals surface area contributed by atoms with E-state index in [0.717, 1.165) is 17.8 Å². The smallest absolute Gasteiger partial charge is 0.274 e. The van der Waals surface area contributed by atoms with Gasteiger partial charge < -0.3 is 10.2 Å². The van der Waals surface area contributed by atoms with Crippen LogP contribution in [0.25, 0.3) is 0 Å². The van der Waals surface area contributed by atoms with Crippen molar-refractivity contribution in [2.24, 2.45) is 0 Å². The Morgan fingerprint density at radius 1 is 1.39 bits per heavy atom. The van der Waals surface area contributed by atoms with Crippen molar-refractivity contribution in [2.45, 2.75) is 25.8 Å². The molecule has 0 bridgehead atoms. The molecule has 1 aromatic carbocycles. The number of H-pyrrole nitrogens is 1. The van der Waals surface area contributed by atoms with Crippen molar-refractivity contribution in [3.8, 4) is 0 Å². The van der Waals surface area contributed by atoms with E-state index in [1.165, 1.54) is 0 Å². The Kier molecular flexibility index (Phi) is 4.68. The molecule has 122 valence electrons. The molecule has 1 aliphatic rings. The van der Waals surface area contributed by atoms with Crippen molar-refractivity contribution >= 4 is 17.5 Å². The van der Waals surface area contributed by atoms with Gasteiger partial charge in [-0.2, -0.15) is 5.10 Å². The van der Waals surface area contributed by atoms with Crippen LogP contribution in [0.4, 0.5) is 0 Å². The molecule has 2 N–H and O–H groups in total. The number of amides is 1. The highest BCUT2D eigenvalue weighted by molar-refractivity contribution is 6.31. The lowest BCUT2D eigenvalue weighted by Gasteiger charge is -2.36. The van der Waals surface area contributed by atoms with Gasteiger partial charge in [0, 0.05) is 30.4 Å². The number of nitrogens with one attached hydrogen (secondary N) is 2. The summed E-state index contributed by atoms with van der Waals surface area (Å²) in [5.41, 5.74) is 2.40. The molecule has 0 aliphatic carbocycles. The summed E-state index contributed by atoms with van der Waals surface area (Å²) in [5, 5.41) is 11.2. The third-order valence-corrected chi connectivity index (χ3v) is 4.55. The van der Waals surface area contributed by atoms with Crippen LogP contribution in [0, 0.1) is 0 Å². The Morgan fingerprint density at radius 2 is 2.17 bits per heavy atom. The average Bonchev–Trinajstić information content (AvgIpc) is 3.05. The number of benzene rings is 1. The zero-order chi connectivity index (χ0) is 16.4. The van der Waals surface area contributed by atoms with Crippen LogP contribution in [0.15, 0.2) is 30.3 Å². The van der Waals surface area contributed by atoms with Crippen molar-refractivity contribution in [2.75, 3.05) is 19.6 Å². The number of aromatic amines is 1. The predicted molar refractivity (Wildman–Crippen MR) is 90.8 cm³/mol. The molecule has 1 aliphatic heterocycles. The van der Waals surface area contributed by atoms with E-state index in [1.54, 1.807) is 0 Å². The molecule has 23 heavy (non-hydrogen) atoms. The first kappa shape index (κ1) is 16.0. The molecule has 1 fully saturated rings. The number of piperazine rings is 1. The molecule has 0 saturated carbocycles. The van der Waals surface area contributed by atoms with E-state index in [9.17, 15) is 4.79 Å². The summed E-state index contributed by atoms with van der Waals surface area (Å²) in [6, 6.07) is 9.45. The molecule has 6 heteroatoms. The standard InChI is InChI=1S/C17H21ClN4O/c1-11(2)14-9-15(21-20-14)17(23)22-8-7-19-10-16(22)12-5-3-4-6-13(12)18/h3-6,9,11,16,19H,7-8,10H2,1-2H3,(H,20,21). The van der Waals surface area contributed by atoms with Crippen LogP contribution < -0.4 is 5.32 Å². The highest BCUT2D eigenvalue weighted by atomic mass is 35.5. The zero-order valence-corrected chi connectivity index (χ0v) is 14.1. The summed E-state index contributed by atoms with van der Waals surface area (Å²) >= 11 is 6.33. The van der Waals surface area contributed by atoms with Gasteiger partial charge in [-0.1, -0.05) is 43.6 Å². The maximum Gasteiger partial charge on any atom is 0.274 e. The summed E-state index contributed by atoms with van der Waals surface area (Å²) in [6.45, 7) is 6.24. The number of hydrogen-bond donors (Lipinski definition) is 2. The van der Waals surface area contributed by atoms with Crippen molar-refractivity contribution in [1.29, 1.82) is 0 Å². The molecule has 0 radical (unpaired) electrons. The van der Waals surface area contributed by atoms with E-state index in [4.69, 9.17) is 11.6 Å². The molecule has 0 spiro atoms. The molecule has 1 saturated heterocycles. The molecule has 1 unspecified atom stereocenters. The molecular formula is C17H21ClN4O. The monoisotopic (exact) mass is 332 g/mol. The van der Waals surface area contributed by atoms with Crippen molar-refractivity contribution < 1.29 is 4.79 Å².